The molecule has 1 aromatic heterocycles. The first kappa shape index (κ1) is 15.5. The van der Waals surface area contributed by atoms with E-state index in [0.717, 1.165) is 28.1 Å². The van der Waals surface area contributed by atoms with E-state index in [1.54, 1.807) is 6.33 Å². The largest absolute Gasteiger partial charge is 0.486 e. The highest BCUT2D eigenvalue weighted by atomic mass is 16.6. The lowest BCUT2D eigenvalue weighted by molar-refractivity contribution is -0.122. The second-order valence-corrected chi connectivity index (χ2v) is 6.05. The van der Waals surface area contributed by atoms with E-state index in [1.807, 2.05) is 54.0 Å². The highest BCUT2D eigenvalue weighted by Crippen LogP contribution is 2.32. The summed E-state index contributed by atoms with van der Waals surface area (Å²) in [5, 5.41) is 3.02. The molecule has 0 saturated heterocycles. The fraction of sp³-hybridized carbons (Fsp3) is 0.263. The predicted molar refractivity (Wildman–Crippen MR) is 93.7 cm³/mol. The van der Waals surface area contributed by atoms with Gasteiger partial charge < -0.3 is 19.4 Å². The highest BCUT2D eigenvalue weighted by molar-refractivity contribution is 5.80. The Morgan fingerprint density at radius 2 is 2.00 bits per heavy atom. The molecule has 0 aliphatic carbocycles. The maximum absolute atomic E-state index is 12.4. The molecule has 128 valence electrons. The van der Waals surface area contributed by atoms with Crippen LogP contribution in [0.15, 0.2) is 48.8 Å². The fourth-order valence-corrected chi connectivity index (χ4v) is 2.99. The second-order valence-electron chi connectivity index (χ2n) is 6.05. The summed E-state index contributed by atoms with van der Waals surface area (Å²) < 4.78 is 13.0. The molecule has 6 heteroatoms. The molecule has 25 heavy (non-hydrogen) atoms. The van der Waals surface area contributed by atoms with Crippen LogP contribution in [0.2, 0.25) is 0 Å². The molecule has 1 N–H and O–H groups in total. The molecule has 1 amide bonds. The Balaban J connectivity index is 1.45. The molecule has 2 aromatic carbocycles. The molecule has 1 atom stereocenters. The van der Waals surface area contributed by atoms with Crippen molar-refractivity contribution in [3.05, 3.63) is 54.4 Å². The molecular weight excluding hydrogens is 318 g/mol. The average molecular weight is 337 g/mol. The highest BCUT2D eigenvalue weighted by Gasteiger charge is 2.16. The van der Waals surface area contributed by atoms with E-state index in [0.29, 0.717) is 13.2 Å². The smallest absolute Gasteiger partial charge is 0.240 e. The Morgan fingerprint density at radius 1 is 1.20 bits per heavy atom. The topological polar surface area (TPSA) is 65.4 Å². The van der Waals surface area contributed by atoms with E-state index in [4.69, 9.17) is 9.47 Å². The van der Waals surface area contributed by atoms with Gasteiger partial charge in [0, 0.05) is 0 Å². The molecule has 0 bridgehead atoms. The number of nitrogens with zero attached hydrogens (tertiary/aromatic N) is 2. The molecule has 0 fully saturated rings. The van der Waals surface area contributed by atoms with Gasteiger partial charge in [-0.2, -0.15) is 0 Å². The van der Waals surface area contributed by atoms with Gasteiger partial charge in [-0.05, 0) is 36.8 Å². The normalized spacial score (nSPS) is 14.3. The number of para-hydroxylation sites is 2. The van der Waals surface area contributed by atoms with Gasteiger partial charge in [0.15, 0.2) is 11.5 Å². The Kier molecular flexibility index (Phi) is 4.01. The van der Waals surface area contributed by atoms with Crippen molar-refractivity contribution in [2.24, 2.45) is 0 Å². The van der Waals surface area contributed by atoms with E-state index in [9.17, 15) is 4.79 Å². The van der Waals surface area contributed by atoms with Gasteiger partial charge in [-0.15, -0.1) is 0 Å². The number of carbonyl (C=O) groups excluding carboxylic acids is 1. The van der Waals surface area contributed by atoms with Crippen LogP contribution in [0.4, 0.5) is 0 Å². The lowest BCUT2D eigenvalue weighted by Gasteiger charge is -2.21. The van der Waals surface area contributed by atoms with E-state index >= 15 is 0 Å². The minimum absolute atomic E-state index is 0.0643. The summed E-state index contributed by atoms with van der Waals surface area (Å²) in [5.41, 5.74) is 2.81. The number of benzene rings is 2. The van der Waals surface area contributed by atoms with Gasteiger partial charge in [0.05, 0.1) is 23.4 Å². The summed E-state index contributed by atoms with van der Waals surface area (Å²) in [5.74, 6) is 1.41. The third-order valence-electron chi connectivity index (χ3n) is 4.29. The number of nitrogens with one attached hydrogen (secondary N) is 1. The zero-order valence-electron chi connectivity index (χ0n) is 13.9. The van der Waals surface area contributed by atoms with E-state index < -0.39 is 0 Å². The molecule has 1 aliphatic rings. The zero-order valence-corrected chi connectivity index (χ0v) is 13.9. The molecule has 4 rings (SSSR count). The van der Waals surface area contributed by atoms with Crippen molar-refractivity contribution in [2.45, 2.75) is 19.5 Å². The fourth-order valence-electron chi connectivity index (χ4n) is 2.99. The van der Waals surface area contributed by atoms with E-state index in [2.05, 4.69) is 10.3 Å². The first-order valence-electron chi connectivity index (χ1n) is 8.29. The van der Waals surface area contributed by atoms with Crippen LogP contribution in [0, 0.1) is 0 Å². The van der Waals surface area contributed by atoms with Gasteiger partial charge in [0.2, 0.25) is 5.91 Å². The summed E-state index contributed by atoms with van der Waals surface area (Å²) in [6.45, 7) is 3.30. The second kappa shape index (κ2) is 6.47. The predicted octanol–water partition coefficient (Wildman–Crippen LogP) is 2.68. The third kappa shape index (κ3) is 3.15. The molecule has 3 aromatic rings. The van der Waals surface area contributed by atoms with E-state index in [1.165, 1.54) is 0 Å². The summed E-state index contributed by atoms with van der Waals surface area (Å²) in [7, 11) is 0. The molecule has 0 spiro atoms. The number of ether oxygens (including phenoxy) is 2. The number of rotatable bonds is 4. The summed E-state index contributed by atoms with van der Waals surface area (Å²) >= 11 is 0. The maximum atomic E-state index is 12.4. The minimum Gasteiger partial charge on any atom is -0.486 e. The monoisotopic (exact) mass is 337 g/mol. The number of amides is 1. The zero-order chi connectivity index (χ0) is 17.2. The quantitative estimate of drug-likeness (QED) is 0.795. The van der Waals surface area contributed by atoms with Crippen molar-refractivity contribution in [1.29, 1.82) is 0 Å². The number of aromatic nitrogens is 2. The number of hydrogen-bond donors (Lipinski definition) is 1. The standard InChI is InChI=1S/C19H19N3O3/c1-13(14-6-7-17-18(10-14)25-9-8-24-17)21-19(23)11-22-12-20-15-4-2-3-5-16(15)22/h2-7,10,12-13H,8-9,11H2,1H3,(H,21,23)/t13-/m1/s1. The van der Waals surface area contributed by atoms with Crippen LogP contribution in [0.1, 0.15) is 18.5 Å². The molecule has 0 unspecified atom stereocenters. The number of hydrogen-bond acceptors (Lipinski definition) is 4. The molecule has 0 saturated carbocycles. The van der Waals surface area contributed by atoms with Crippen molar-refractivity contribution in [3.8, 4) is 11.5 Å². The Morgan fingerprint density at radius 3 is 2.88 bits per heavy atom. The molecule has 6 nitrogen and oxygen atoms in total. The summed E-state index contributed by atoms with van der Waals surface area (Å²) in [6.07, 6.45) is 1.69. The van der Waals surface area contributed by atoms with Crippen LogP contribution >= 0.6 is 0 Å². The van der Waals surface area contributed by atoms with Gasteiger partial charge in [0.25, 0.3) is 0 Å². The minimum atomic E-state index is -0.127. The first-order chi connectivity index (χ1) is 12.2. The van der Waals surface area contributed by atoms with Crippen molar-refractivity contribution < 1.29 is 14.3 Å². The van der Waals surface area contributed by atoms with Crippen molar-refractivity contribution >= 4 is 16.9 Å². The van der Waals surface area contributed by atoms with Gasteiger partial charge in [-0.25, -0.2) is 4.98 Å². The number of fused-ring (bicyclic) bond motifs is 2. The van der Waals surface area contributed by atoms with Crippen LogP contribution in [0.3, 0.4) is 0 Å². The average Bonchev–Trinajstić information content (AvgIpc) is 3.04. The Hall–Kier alpha value is -3.02. The lowest BCUT2D eigenvalue weighted by Crippen LogP contribution is -2.30. The molecule has 2 heterocycles. The van der Waals surface area contributed by atoms with Gasteiger partial charge in [0.1, 0.15) is 19.8 Å². The van der Waals surface area contributed by atoms with E-state index in [-0.39, 0.29) is 18.5 Å². The van der Waals surface area contributed by atoms with Crippen molar-refractivity contribution in [1.82, 2.24) is 14.9 Å². The van der Waals surface area contributed by atoms with Gasteiger partial charge in [-0.1, -0.05) is 18.2 Å². The SMILES string of the molecule is C[C@@H](NC(=O)Cn1cnc2ccccc21)c1ccc2c(c1)OCCO2. The van der Waals surface area contributed by atoms with Crippen molar-refractivity contribution in [2.75, 3.05) is 13.2 Å². The third-order valence-corrected chi connectivity index (χ3v) is 4.29. The van der Waals surface area contributed by atoms with Gasteiger partial charge >= 0.3 is 0 Å². The number of imidazole rings is 1. The summed E-state index contributed by atoms with van der Waals surface area (Å²) in [6, 6.07) is 13.4. The van der Waals surface area contributed by atoms with Gasteiger partial charge in [-0.3, -0.25) is 4.79 Å². The molecular formula is C19H19N3O3. The van der Waals surface area contributed by atoms with Crippen LogP contribution in [-0.4, -0.2) is 28.7 Å². The summed E-state index contributed by atoms with van der Waals surface area (Å²) in [4.78, 5) is 16.7. The van der Waals surface area contributed by atoms with Crippen molar-refractivity contribution in [3.63, 3.8) is 0 Å². The maximum Gasteiger partial charge on any atom is 0.240 e. The first-order valence-corrected chi connectivity index (χ1v) is 8.29. The Bertz CT molecular complexity index is 919. The van der Waals surface area contributed by atoms with Crippen LogP contribution in [0.25, 0.3) is 11.0 Å². The lowest BCUT2D eigenvalue weighted by atomic mass is 10.1. The Labute approximate surface area is 145 Å². The number of carbonyl (C=O) groups is 1. The molecule has 1 aliphatic heterocycles. The molecule has 0 radical (unpaired) electrons. The van der Waals surface area contributed by atoms with Crippen LogP contribution in [-0.2, 0) is 11.3 Å². The van der Waals surface area contributed by atoms with Crippen LogP contribution in [0.5, 0.6) is 11.5 Å². The van der Waals surface area contributed by atoms with Crippen LogP contribution < -0.4 is 14.8 Å².